The van der Waals surface area contributed by atoms with Gasteiger partial charge in [0.25, 0.3) is 0 Å². The molecule has 1 aliphatic heterocycles. The molecule has 0 amide bonds. The second kappa shape index (κ2) is 6.02. The van der Waals surface area contributed by atoms with E-state index in [1.165, 1.54) is 0 Å². The molecule has 0 radical (unpaired) electrons. The van der Waals surface area contributed by atoms with E-state index in [-0.39, 0.29) is 5.97 Å². The molecule has 2 N–H and O–H groups in total. The molecule has 1 aromatic rings. The van der Waals surface area contributed by atoms with Crippen LogP contribution in [-0.2, 0) is 4.74 Å². The molecule has 0 spiro atoms. The van der Waals surface area contributed by atoms with Gasteiger partial charge in [-0.2, -0.15) is 0 Å². The minimum Gasteiger partial charge on any atom is -0.462 e. The Bertz CT molecular complexity index is 433. The van der Waals surface area contributed by atoms with Crippen molar-refractivity contribution in [2.24, 2.45) is 11.7 Å². The third-order valence-corrected chi connectivity index (χ3v) is 3.55. The van der Waals surface area contributed by atoms with Crippen molar-refractivity contribution >= 4 is 11.8 Å². The van der Waals surface area contributed by atoms with Crippen LogP contribution in [0.3, 0.4) is 0 Å². The number of rotatable bonds is 4. The molecule has 1 aliphatic rings. The van der Waals surface area contributed by atoms with Crippen LogP contribution in [0.25, 0.3) is 0 Å². The third-order valence-electron chi connectivity index (χ3n) is 3.55. The summed E-state index contributed by atoms with van der Waals surface area (Å²) in [5.74, 6) is 1.11. The first-order chi connectivity index (χ1) is 9.15. The van der Waals surface area contributed by atoms with Crippen LogP contribution in [0.2, 0.25) is 0 Å². The number of carbonyl (C=O) groups excluding carboxylic acids is 1. The third kappa shape index (κ3) is 3.04. The lowest BCUT2D eigenvalue weighted by Gasteiger charge is -2.22. The van der Waals surface area contributed by atoms with Crippen LogP contribution in [0.5, 0.6) is 0 Å². The summed E-state index contributed by atoms with van der Waals surface area (Å²) in [4.78, 5) is 18.2. The Morgan fingerprint density at radius 3 is 2.89 bits per heavy atom. The topological polar surface area (TPSA) is 68.5 Å². The average Bonchev–Trinajstić information content (AvgIpc) is 2.80. The highest BCUT2D eigenvalue weighted by molar-refractivity contribution is 5.89. The summed E-state index contributed by atoms with van der Waals surface area (Å²) >= 11 is 0. The first kappa shape index (κ1) is 13.8. The van der Waals surface area contributed by atoms with Crippen LogP contribution in [0.15, 0.2) is 18.3 Å². The molecule has 5 nitrogen and oxygen atoms in total. The van der Waals surface area contributed by atoms with Gasteiger partial charge in [-0.05, 0) is 44.9 Å². The zero-order chi connectivity index (χ0) is 13.8. The van der Waals surface area contributed by atoms with Gasteiger partial charge in [0, 0.05) is 18.8 Å². The summed E-state index contributed by atoms with van der Waals surface area (Å²) in [6.07, 6.45) is 2.67. The highest BCUT2D eigenvalue weighted by Crippen LogP contribution is 2.27. The molecule has 2 atom stereocenters. The summed E-state index contributed by atoms with van der Waals surface area (Å²) in [5.41, 5.74) is 6.22. The zero-order valence-corrected chi connectivity index (χ0v) is 11.5. The fourth-order valence-corrected chi connectivity index (χ4v) is 2.52. The van der Waals surface area contributed by atoms with Crippen molar-refractivity contribution in [2.45, 2.75) is 26.3 Å². The summed E-state index contributed by atoms with van der Waals surface area (Å²) in [7, 11) is 0. The van der Waals surface area contributed by atoms with E-state index in [0.29, 0.717) is 30.7 Å². The number of carbonyl (C=O) groups is 1. The fraction of sp³-hybridized carbons (Fsp3) is 0.571. The molecule has 0 aliphatic carbocycles. The molecule has 2 unspecified atom stereocenters. The Kier molecular flexibility index (Phi) is 4.37. The lowest BCUT2D eigenvalue weighted by atomic mass is 10.1. The number of nitrogens with zero attached hydrogens (tertiary/aromatic N) is 2. The molecular weight excluding hydrogens is 242 g/mol. The Balaban J connectivity index is 2.08. The first-order valence-corrected chi connectivity index (χ1v) is 6.75. The van der Waals surface area contributed by atoms with Gasteiger partial charge >= 0.3 is 5.97 Å². The summed E-state index contributed by atoms with van der Waals surface area (Å²) in [6.45, 7) is 5.99. The number of ether oxygens (including phenoxy) is 1. The van der Waals surface area contributed by atoms with Gasteiger partial charge in [-0.15, -0.1) is 0 Å². The van der Waals surface area contributed by atoms with E-state index in [4.69, 9.17) is 10.5 Å². The van der Waals surface area contributed by atoms with E-state index in [2.05, 4.69) is 16.8 Å². The van der Waals surface area contributed by atoms with E-state index in [1.54, 1.807) is 19.2 Å². The standard InChI is InChI=1S/C14H21N3O2/c1-3-19-14(18)12-4-5-13(16-8-12)17-9-11(7-15)6-10(17)2/h4-5,8,10-11H,3,6-7,9,15H2,1-2H3. The number of nitrogens with two attached hydrogens (primary N) is 1. The van der Waals surface area contributed by atoms with Gasteiger partial charge in [-0.25, -0.2) is 9.78 Å². The fourth-order valence-electron chi connectivity index (χ4n) is 2.52. The Labute approximate surface area is 113 Å². The molecule has 0 aromatic carbocycles. The van der Waals surface area contributed by atoms with Crippen molar-refractivity contribution in [3.05, 3.63) is 23.9 Å². The van der Waals surface area contributed by atoms with Crippen LogP contribution in [-0.4, -0.2) is 36.7 Å². The van der Waals surface area contributed by atoms with E-state index >= 15 is 0 Å². The van der Waals surface area contributed by atoms with E-state index in [9.17, 15) is 4.79 Å². The molecule has 0 bridgehead atoms. The minimum atomic E-state index is -0.323. The maximum atomic E-state index is 11.5. The number of anilines is 1. The SMILES string of the molecule is CCOC(=O)c1ccc(N2CC(CN)CC2C)nc1. The highest BCUT2D eigenvalue weighted by atomic mass is 16.5. The van der Waals surface area contributed by atoms with E-state index in [1.807, 2.05) is 6.07 Å². The maximum absolute atomic E-state index is 11.5. The van der Waals surface area contributed by atoms with Gasteiger partial charge in [-0.3, -0.25) is 0 Å². The zero-order valence-electron chi connectivity index (χ0n) is 11.5. The number of hydrogen-bond donors (Lipinski definition) is 1. The van der Waals surface area contributed by atoms with Gasteiger partial charge in [0.15, 0.2) is 0 Å². The first-order valence-electron chi connectivity index (χ1n) is 6.75. The van der Waals surface area contributed by atoms with Crippen LogP contribution in [0.4, 0.5) is 5.82 Å². The molecule has 104 valence electrons. The smallest absolute Gasteiger partial charge is 0.339 e. The van der Waals surface area contributed by atoms with Crippen molar-refractivity contribution in [2.75, 3.05) is 24.6 Å². The average molecular weight is 263 g/mol. The predicted molar refractivity (Wildman–Crippen MR) is 74.2 cm³/mol. The molecule has 0 saturated carbocycles. The monoisotopic (exact) mass is 263 g/mol. The maximum Gasteiger partial charge on any atom is 0.339 e. The second-order valence-corrected chi connectivity index (χ2v) is 4.96. The number of pyridine rings is 1. The number of aromatic nitrogens is 1. The van der Waals surface area contributed by atoms with Crippen LogP contribution >= 0.6 is 0 Å². The molecule has 1 saturated heterocycles. The lowest BCUT2D eigenvalue weighted by Crippen LogP contribution is -2.28. The molecule has 2 heterocycles. The lowest BCUT2D eigenvalue weighted by molar-refractivity contribution is 0.0526. The number of esters is 1. The van der Waals surface area contributed by atoms with Gasteiger partial charge < -0.3 is 15.4 Å². The van der Waals surface area contributed by atoms with Crippen molar-refractivity contribution in [3.63, 3.8) is 0 Å². The summed E-state index contributed by atoms with van der Waals surface area (Å²) in [6, 6.07) is 4.08. The van der Waals surface area contributed by atoms with Crippen molar-refractivity contribution in [1.82, 2.24) is 4.98 Å². The quantitative estimate of drug-likeness (QED) is 0.832. The Morgan fingerprint density at radius 1 is 1.58 bits per heavy atom. The minimum absolute atomic E-state index is 0.323. The summed E-state index contributed by atoms with van der Waals surface area (Å²) in [5, 5.41) is 0. The Morgan fingerprint density at radius 2 is 2.37 bits per heavy atom. The van der Waals surface area contributed by atoms with Crippen LogP contribution in [0, 0.1) is 5.92 Å². The Hall–Kier alpha value is -1.62. The van der Waals surface area contributed by atoms with Gasteiger partial charge in [0.2, 0.25) is 0 Å². The molecule has 1 fully saturated rings. The van der Waals surface area contributed by atoms with Gasteiger partial charge in [0.05, 0.1) is 12.2 Å². The largest absolute Gasteiger partial charge is 0.462 e. The molecule has 5 heteroatoms. The van der Waals surface area contributed by atoms with Crippen molar-refractivity contribution in [1.29, 1.82) is 0 Å². The van der Waals surface area contributed by atoms with Gasteiger partial charge in [0.1, 0.15) is 5.82 Å². The predicted octanol–water partition coefficient (Wildman–Crippen LogP) is 1.43. The molecule has 1 aromatic heterocycles. The normalized spacial score (nSPS) is 22.6. The highest BCUT2D eigenvalue weighted by Gasteiger charge is 2.28. The van der Waals surface area contributed by atoms with Crippen LogP contribution in [0.1, 0.15) is 30.6 Å². The summed E-state index contributed by atoms with van der Waals surface area (Å²) < 4.78 is 4.94. The van der Waals surface area contributed by atoms with Gasteiger partial charge in [-0.1, -0.05) is 0 Å². The number of hydrogen-bond acceptors (Lipinski definition) is 5. The molecule has 2 rings (SSSR count). The second-order valence-electron chi connectivity index (χ2n) is 4.96. The van der Waals surface area contributed by atoms with E-state index < -0.39 is 0 Å². The molecular formula is C14H21N3O2. The van der Waals surface area contributed by atoms with Crippen molar-refractivity contribution < 1.29 is 9.53 Å². The molecule has 19 heavy (non-hydrogen) atoms. The van der Waals surface area contributed by atoms with Crippen molar-refractivity contribution in [3.8, 4) is 0 Å². The van der Waals surface area contributed by atoms with Crippen LogP contribution < -0.4 is 10.6 Å². The van der Waals surface area contributed by atoms with E-state index in [0.717, 1.165) is 18.8 Å².